The van der Waals surface area contributed by atoms with Crippen LogP contribution >= 0.6 is 0 Å². The highest BCUT2D eigenvalue weighted by atomic mass is 16.5. The number of benzene rings is 1. The Morgan fingerprint density at radius 2 is 1.70 bits per heavy atom. The van der Waals surface area contributed by atoms with Gasteiger partial charge in [-0.05, 0) is 31.5 Å². The van der Waals surface area contributed by atoms with Gasteiger partial charge in [0.05, 0.1) is 33.3 Å². The molecule has 2 unspecified atom stereocenters. The third-order valence-corrected chi connectivity index (χ3v) is 3.82. The summed E-state index contributed by atoms with van der Waals surface area (Å²) in [5, 5.41) is 2.74. The van der Waals surface area contributed by atoms with Crippen molar-refractivity contribution in [2.75, 3.05) is 21.3 Å². The Morgan fingerprint density at radius 3 is 2.13 bits per heavy atom. The van der Waals surface area contributed by atoms with Crippen molar-refractivity contribution in [2.45, 2.75) is 19.9 Å². The number of Topliss-reactive ketones (excluding diaryl/α,β-unsaturated/α-hetero) is 1. The van der Waals surface area contributed by atoms with Crippen molar-refractivity contribution in [3.8, 4) is 17.2 Å². The lowest BCUT2D eigenvalue weighted by atomic mass is 9.85. The zero-order valence-corrected chi connectivity index (χ0v) is 13.8. The van der Waals surface area contributed by atoms with E-state index in [4.69, 9.17) is 14.2 Å². The number of rotatable bonds is 5. The molecule has 0 bridgehead atoms. The maximum absolute atomic E-state index is 12.0. The van der Waals surface area contributed by atoms with Crippen LogP contribution in [0.15, 0.2) is 17.1 Å². The molecule has 0 aliphatic carbocycles. The summed E-state index contributed by atoms with van der Waals surface area (Å²) in [7, 11) is 4.53. The first-order valence-electron chi connectivity index (χ1n) is 7.09. The number of nitrogens with zero attached hydrogens (tertiary/aromatic N) is 1. The van der Waals surface area contributed by atoms with E-state index in [1.54, 1.807) is 19.1 Å². The average Bonchev–Trinajstić information content (AvgIpc) is 2.51. The molecule has 1 aromatic rings. The van der Waals surface area contributed by atoms with Crippen molar-refractivity contribution in [2.24, 2.45) is 10.9 Å². The number of ether oxygens (including phenoxy) is 3. The van der Waals surface area contributed by atoms with E-state index in [1.807, 2.05) is 0 Å². The first-order chi connectivity index (χ1) is 10.9. The molecule has 2 amide bonds. The van der Waals surface area contributed by atoms with E-state index in [0.717, 1.165) is 0 Å². The largest absolute Gasteiger partial charge is 0.493 e. The lowest BCUT2D eigenvalue weighted by Crippen LogP contribution is -2.43. The minimum absolute atomic E-state index is 0.0787. The summed E-state index contributed by atoms with van der Waals surface area (Å²) >= 11 is 0. The molecule has 0 saturated heterocycles. The second-order valence-corrected chi connectivity index (χ2v) is 5.23. The summed E-state index contributed by atoms with van der Waals surface area (Å²) in [4.78, 5) is 27.6. The lowest BCUT2D eigenvalue weighted by Gasteiger charge is -2.30. The van der Waals surface area contributed by atoms with Crippen LogP contribution in [-0.2, 0) is 4.79 Å². The molecule has 1 heterocycles. The molecule has 1 N–H and O–H groups in total. The van der Waals surface area contributed by atoms with Crippen molar-refractivity contribution >= 4 is 17.5 Å². The standard InChI is InChI=1S/C16H20N2O5/c1-8-13(9(2)19)14(18-16(20)17-8)10-6-11(21-3)15(23-5)12(7-10)22-4/h6-7,13-14H,1-5H3,(H,18,20). The Morgan fingerprint density at radius 1 is 1.13 bits per heavy atom. The summed E-state index contributed by atoms with van der Waals surface area (Å²) < 4.78 is 15.9. The predicted octanol–water partition coefficient (Wildman–Crippen LogP) is 2.14. The van der Waals surface area contributed by atoms with Gasteiger partial charge < -0.3 is 19.5 Å². The Hall–Kier alpha value is -2.57. The van der Waals surface area contributed by atoms with Crippen LogP contribution in [0.4, 0.5) is 4.79 Å². The summed E-state index contributed by atoms with van der Waals surface area (Å²) in [6, 6.07) is 2.44. The Bertz CT molecular complexity index is 643. The zero-order chi connectivity index (χ0) is 17.1. The van der Waals surface area contributed by atoms with Gasteiger partial charge in [-0.3, -0.25) is 4.79 Å². The molecular weight excluding hydrogens is 300 g/mol. The number of hydrogen-bond donors (Lipinski definition) is 1. The van der Waals surface area contributed by atoms with Crippen LogP contribution in [0.5, 0.6) is 17.2 Å². The minimum Gasteiger partial charge on any atom is -0.493 e. The molecule has 7 heteroatoms. The van der Waals surface area contributed by atoms with Gasteiger partial charge in [0, 0.05) is 5.71 Å². The van der Waals surface area contributed by atoms with E-state index in [0.29, 0.717) is 28.5 Å². The van der Waals surface area contributed by atoms with Crippen molar-refractivity contribution < 1.29 is 23.8 Å². The van der Waals surface area contributed by atoms with Crippen molar-refractivity contribution in [1.82, 2.24) is 5.32 Å². The summed E-state index contributed by atoms with van der Waals surface area (Å²) in [6.07, 6.45) is 0. The first-order valence-corrected chi connectivity index (χ1v) is 7.09. The SMILES string of the molecule is COc1cc(C2NC(=O)N=C(C)C2C(C)=O)cc(OC)c1OC. The summed E-state index contributed by atoms with van der Waals surface area (Å²) in [5.41, 5.74) is 1.17. The predicted molar refractivity (Wildman–Crippen MR) is 84.7 cm³/mol. The molecular formula is C16H20N2O5. The number of urea groups is 1. The van der Waals surface area contributed by atoms with Gasteiger partial charge in [-0.1, -0.05) is 0 Å². The maximum atomic E-state index is 12.0. The number of hydrogen-bond acceptors (Lipinski definition) is 5. The molecule has 2 atom stereocenters. The van der Waals surface area contributed by atoms with E-state index in [1.165, 1.54) is 28.3 Å². The number of methoxy groups -OCH3 is 3. The normalized spacial score (nSPS) is 20.4. The Balaban J connectivity index is 2.57. The molecule has 1 aliphatic rings. The van der Waals surface area contributed by atoms with Crippen LogP contribution in [0.25, 0.3) is 0 Å². The molecule has 0 aromatic heterocycles. The van der Waals surface area contributed by atoms with Gasteiger partial charge in [0.25, 0.3) is 0 Å². The molecule has 0 radical (unpaired) electrons. The molecule has 1 aliphatic heterocycles. The molecule has 0 spiro atoms. The second kappa shape index (κ2) is 6.68. The van der Waals surface area contributed by atoms with Gasteiger partial charge in [0.2, 0.25) is 5.75 Å². The highest BCUT2D eigenvalue weighted by molar-refractivity contribution is 6.09. The topological polar surface area (TPSA) is 86.2 Å². The van der Waals surface area contributed by atoms with Crippen molar-refractivity contribution in [3.05, 3.63) is 17.7 Å². The molecule has 2 rings (SSSR count). The number of nitrogens with one attached hydrogen (secondary N) is 1. The molecule has 0 fully saturated rings. The highest BCUT2D eigenvalue weighted by Gasteiger charge is 2.35. The van der Waals surface area contributed by atoms with Crippen molar-refractivity contribution in [1.29, 1.82) is 0 Å². The van der Waals surface area contributed by atoms with E-state index >= 15 is 0 Å². The van der Waals surface area contributed by atoms with Gasteiger partial charge in [-0.25, -0.2) is 9.79 Å². The first kappa shape index (κ1) is 16.8. The fraction of sp³-hybridized carbons (Fsp3) is 0.438. The monoisotopic (exact) mass is 320 g/mol. The van der Waals surface area contributed by atoms with Crippen LogP contribution in [-0.4, -0.2) is 38.9 Å². The molecule has 1 aromatic carbocycles. The molecule has 7 nitrogen and oxygen atoms in total. The third kappa shape index (κ3) is 3.13. The second-order valence-electron chi connectivity index (χ2n) is 5.23. The van der Waals surface area contributed by atoms with Gasteiger partial charge in [0.15, 0.2) is 11.5 Å². The lowest BCUT2D eigenvalue weighted by molar-refractivity contribution is -0.119. The fourth-order valence-electron chi connectivity index (χ4n) is 2.81. The number of ketones is 1. The number of carbonyl (C=O) groups is 2. The number of aliphatic imine (C=N–C) groups is 1. The Kier molecular flexibility index (Phi) is 4.88. The van der Waals surface area contributed by atoms with Gasteiger partial charge in [0.1, 0.15) is 5.78 Å². The summed E-state index contributed by atoms with van der Waals surface area (Å²) in [5.74, 6) is 0.753. The van der Waals surface area contributed by atoms with E-state index in [2.05, 4.69) is 10.3 Å². The third-order valence-electron chi connectivity index (χ3n) is 3.82. The van der Waals surface area contributed by atoms with Gasteiger partial charge >= 0.3 is 6.03 Å². The minimum atomic E-state index is -0.536. The summed E-state index contributed by atoms with van der Waals surface area (Å²) in [6.45, 7) is 3.15. The number of amides is 2. The van der Waals surface area contributed by atoms with E-state index in [-0.39, 0.29) is 5.78 Å². The number of carbonyl (C=O) groups excluding carboxylic acids is 2. The van der Waals surface area contributed by atoms with Crippen LogP contribution in [0.2, 0.25) is 0 Å². The smallest absolute Gasteiger partial charge is 0.341 e. The molecule has 0 saturated carbocycles. The van der Waals surface area contributed by atoms with Crippen LogP contribution in [0, 0.1) is 5.92 Å². The quantitative estimate of drug-likeness (QED) is 0.898. The highest BCUT2D eigenvalue weighted by Crippen LogP contribution is 2.41. The average molecular weight is 320 g/mol. The van der Waals surface area contributed by atoms with Crippen LogP contribution < -0.4 is 19.5 Å². The van der Waals surface area contributed by atoms with Gasteiger partial charge in [-0.15, -0.1) is 0 Å². The van der Waals surface area contributed by atoms with Crippen LogP contribution in [0.3, 0.4) is 0 Å². The maximum Gasteiger partial charge on any atom is 0.341 e. The van der Waals surface area contributed by atoms with E-state index < -0.39 is 18.0 Å². The molecule has 23 heavy (non-hydrogen) atoms. The van der Waals surface area contributed by atoms with Gasteiger partial charge in [-0.2, -0.15) is 0 Å². The van der Waals surface area contributed by atoms with Crippen molar-refractivity contribution in [3.63, 3.8) is 0 Å². The van der Waals surface area contributed by atoms with Crippen LogP contribution in [0.1, 0.15) is 25.5 Å². The fourth-order valence-corrected chi connectivity index (χ4v) is 2.81. The Labute approximate surface area is 134 Å². The zero-order valence-electron chi connectivity index (χ0n) is 13.8. The van der Waals surface area contributed by atoms with E-state index in [9.17, 15) is 9.59 Å². The molecule has 124 valence electrons.